The molecule has 2 atom stereocenters. The van der Waals surface area contributed by atoms with Crippen LogP contribution in [0.25, 0.3) is 11.3 Å². The molecule has 2 aliphatic heterocycles. The topological polar surface area (TPSA) is 80.1 Å². The molecule has 0 spiro atoms. The third-order valence-electron chi connectivity index (χ3n) is 6.66. The van der Waals surface area contributed by atoms with Crippen molar-refractivity contribution in [2.24, 2.45) is 0 Å². The van der Waals surface area contributed by atoms with Crippen LogP contribution in [-0.4, -0.2) is 72.4 Å². The maximum absolute atomic E-state index is 12.0. The fraction of sp³-hybridized carbons (Fsp3) is 0.370. The first-order valence-electron chi connectivity index (χ1n) is 12.2. The van der Waals surface area contributed by atoms with E-state index in [4.69, 9.17) is 26.1 Å². The van der Waals surface area contributed by atoms with E-state index in [-0.39, 0.29) is 18.1 Å². The van der Waals surface area contributed by atoms with Gasteiger partial charge in [-0.25, -0.2) is 4.79 Å². The predicted octanol–water partition coefficient (Wildman–Crippen LogP) is 3.82. The Bertz CT molecular complexity index is 1200. The Balaban J connectivity index is 1.40. The predicted molar refractivity (Wildman–Crippen MR) is 140 cm³/mol. The van der Waals surface area contributed by atoms with Crippen LogP contribution in [0.1, 0.15) is 40.3 Å². The van der Waals surface area contributed by atoms with Gasteiger partial charge in [0.05, 0.1) is 37.6 Å². The largest absolute Gasteiger partial charge is 0.465 e. The number of carbonyl (C=O) groups excluding carboxylic acids is 1. The van der Waals surface area contributed by atoms with Gasteiger partial charge >= 0.3 is 5.97 Å². The number of furan rings is 1. The van der Waals surface area contributed by atoms with Crippen molar-refractivity contribution >= 4 is 23.3 Å². The highest BCUT2D eigenvalue weighted by Crippen LogP contribution is 2.40. The molecule has 2 fully saturated rings. The van der Waals surface area contributed by atoms with Crippen molar-refractivity contribution in [1.29, 1.82) is 0 Å². The third-order valence-corrected chi connectivity index (χ3v) is 7.01. The van der Waals surface area contributed by atoms with E-state index in [2.05, 4.69) is 20.1 Å². The van der Waals surface area contributed by atoms with Crippen LogP contribution >= 0.6 is 12.2 Å². The summed E-state index contributed by atoms with van der Waals surface area (Å²) >= 11 is 5.78. The molecule has 1 N–H and O–H groups in total. The Hall–Kier alpha value is -3.27. The number of ether oxygens (including phenoxy) is 2. The zero-order valence-electron chi connectivity index (χ0n) is 20.3. The average Bonchev–Trinajstić information content (AvgIpc) is 3.54. The molecule has 2 aromatic heterocycles. The number of rotatable bonds is 8. The molecule has 5 rings (SSSR count). The summed E-state index contributed by atoms with van der Waals surface area (Å²) in [5.41, 5.74) is 2.20. The molecular formula is C27H30N4O4S. The lowest BCUT2D eigenvalue weighted by atomic mass is 10.0. The van der Waals surface area contributed by atoms with Gasteiger partial charge in [0.1, 0.15) is 17.6 Å². The molecule has 0 bridgehead atoms. The Morgan fingerprint density at radius 1 is 1.14 bits per heavy atom. The summed E-state index contributed by atoms with van der Waals surface area (Å²) in [6.07, 6.45) is 2.77. The lowest BCUT2D eigenvalue weighted by Gasteiger charge is -2.29. The summed E-state index contributed by atoms with van der Waals surface area (Å²) in [5.74, 6) is 1.10. The van der Waals surface area contributed by atoms with Crippen LogP contribution in [0.3, 0.4) is 0 Å². The summed E-state index contributed by atoms with van der Waals surface area (Å²) in [4.78, 5) is 21.2. The summed E-state index contributed by atoms with van der Waals surface area (Å²) < 4.78 is 16.7. The van der Waals surface area contributed by atoms with Crippen LogP contribution in [0, 0.1) is 0 Å². The summed E-state index contributed by atoms with van der Waals surface area (Å²) in [7, 11) is 1.38. The van der Waals surface area contributed by atoms with E-state index in [1.54, 1.807) is 18.3 Å². The fourth-order valence-corrected chi connectivity index (χ4v) is 5.16. The number of thiocarbonyl (C=S) groups is 1. The monoisotopic (exact) mass is 506 g/mol. The van der Waals surface area contributed by atoms with E-state index in [0.717, 1.165) is 62.8 Å². The highest BCUT2D eigenvalue weighted by molar-refractivity contribution is 7.80. The average molecular weight is 507 g/mol. The SMILES string of the molecule is COC(=O)c1cccc(-c2ccc([C@@H]3[C@H](c4ccccn4)NC(=S)N3CCCN3CCOCC3)o2)c1. The Morgan fingerprint density at radius 2 is 2.00 bits per heavy atom. The van der Waals surface area contributed by atoms with Crippen molar-refractivity contribution in [3.63, 3.8) is 0 Å². The molecule has 0 aliphatic carbocycles. The van der Waals surface area contributed by atoms with Crippen molar-refractivity contribution in [1.82, 2.24) is 20.1 Å². The molecule has 8 nitrogen and oxygen atoms in total. The van der Waals surface area contributed by atoms with Gasteiger partial charge in [-0.05, 0) is 55.0 Å². The van der Waals surface area contributed by atoms with Gasteiger partial charge in [0, 0.05) is 37.9 Å². The van der Waals surface area contributed by atoms with Gasteiger partial charge < -0.3 is 24.1 Å². The number of nitrogens with one attached hydrogen (secondary N) is 1. The number of pyridine rings is 1. The lowest BCUT2D eigenvalue weighted by Crippen LogP contribution is -2.38. The number of nitrogens with zero attached hydrogens (tertiary/aromatic N) is 3. The molecular weight excluding hydrogens is 476 g/mol. The molecule has 2 aliphatic rings. The summed E-state index contributed by atoms with van der Waals surface area (Å²) in [6.45, 7) is 5.31. The molecule has 3 aromatic rings. The fourth-order valence-electron chi connectivity index (χ4n) is 4.83. The van der Waals surface area contributed by atoms with Crippen LogP contribution in [0.4, 0.5) is 0 Å². The van der Waals surface area contributed by atoms with Gasteiger partial charge in [-0.3, -0.25) is 9.88 Å². The van der Waals surface area contributed by atoms with Crippen molar-refractivity contribution in [2.45, 2.75) is 18.5 Å². The smallest absolute Gasteiger partial charge is 0.337 e. The van der Waals surface area contributed by atoms with Crippen molar-refractivity contribution in [3.05, 3.63) is 77.8 Å². The number of morpholine rings is 1. The summed E-state index contributed by atoms with van der Waals surface area (Å²) in [6, 6.07) is 16.8. The first kappa shape index (κ1) is 24.4. The second kappa shape index (κ2) is 11.2. The standard InChI is InChI=1S/C27H30N4O4S/c1-33-26(32)20-7-4-6-19(18-20)22-9-10-23(35-22)25-24(21-8-2-3-11-28-21)29-27(36)31(25)13-5-12-30-14-16-34-17-15-30/h2-4,6-11,18,24-25H,5,12-17H2,1H3,(H,29,36)/t24-,25+/m0/s1. The number of hydrogen-bond acceptors (Lipinski definition) is 7. The number of methoxy groups -OCH3 is 1. The van der Waals surface area contributed by atoms with Crippen LogP contribution in [-0.2, 0) is 9.47 Å². The second-order valence-corrected chi connectivity index (χ2v) is 9.29. The zero-order valence-corrected chi connectivity index (χ0v) is 21.1. The highest BCUT2D eigenvalue weighted by atomic mass is 32.1. The molecule has 2 saturated heterocycles. The highest BCUT2D eigenvalue weighted by Gasteiger charge is 2.41. The maximum Gasteiger partial charge on any atom is 0.337 e. The number of aromatic nitrogens is 1. The molecule has 9 heteroatoms. The minimum absolute atomic E-state index is 0.137. The minimum atomic E-state index is -0.379. The molecule has 0 saturated carbocycles. The van der Waals surface area contributed by atoms with E-state index in [1.165, 1.54) is 7.11 Å². The summed E-state index contributed by atoms with van der Waals surface area (Å²) in [5, 5.41) is 4.18. The number of benzene rings is 1. The van der Waals surface area contributed by atoms with Gasteiger partial charge in [0.2, 0.25) is 0 Å². The number of carbonyl (C=O) groups is 1. The van der Waals surface area contributed by atoms with Crippen molar-refractivity contribution in [2.75, 3.05) is 46.5 Å². The van der Waals surface area contributed by atoms with Gasteiger partial charge in [0.25, 0.3) is 0 Å². The van der Waals surface area contributed by atoms with E-state index in [9.17, 15) is 4.79 Å². The van der Waals surface area contributed by atoms with Gasteiger partial charge in [-0.15, -0.1) is 0 Å². The first-order chi connectivity index (χ1) is 17.6. The van der Waals surface area contributed by atoms with Crippen LogP contribution in [0.5, 0.6) is 0 Å². The zero-order chi connectivity index (χ0) is 24.9. The quantitative estimate of drug-likeness (QED) is 0.362. The molecule has 4 heterocycles. The van der Waals surface area contributed by atoms with Gasteiger partial charge in [-0.2, -0.15) is 0 Å². The molecule has 0 amide bonds. The number of hydrogen-bond donors (Lipinski definition) is 1. The Morgan fingerprint density at radius 3 is 2.78 bits per heavy atom. The van der Waals surface area contributed by atoms with Crippen LogP contribution < -0.4 is 5.32 Å². The Labute approximate surface area is 216 Å². The lowest BCUT2D eigenvalue weighted by molar-refractivity contribution is 0.0365. The van der Waals surface area contributed by atoms with E-state index >= 15 is 0 Å². The first-order valence-corrected chi connectivity index (χ1v) is 12.6. The van der Waals surface area contributed by atoms with Crippen molar-refractivity contribution in [3.8, 4) is 11.3 Å². The maximum atomic E-state index is 12.0. The Kier molecular flexibility index (Phi) is 7.60. The van der Waals surface area contributed by atoms with Crippen LogP contribution in [0.2, 0.25) is 0 Å². The van der Waals surface area contributed by atoms with Gasteiger partial charge in [-0.1, -0.05) is 18.2 Å². The van der Waals surface area contributed by atoms with E-state index in [1.807, 2.05) is 42.5 Å². The van der Waals surface area contributed by atoms with Gasteiger partial charge in [0.15, 0.2) is 5.11 Å². The van der Waals surface area contributed by atoms with Crippen LogP contribution in [0.15, 0.2) is 65.2 Å². The van der Waals surface area contributed by atoms with E-state index < -0.39 is 0 Å². The molecule has 36 heavy (non-hydrogen) atoms. The molecule has 0 unspecified atom stereocenters. The number of esters is 1. The third kappa shape index (κ3) is 5.28. The molecule has 1 aromatic carbocycles. The second-order valence-electron chi connectivity index (χ2n) is 8.90. The molecule has 188 valence electrons. The molecule has 0 radical (unpaired) electrons. The van der Waals surface area contributed by atoms with E-state index in [0.29, 0.717) is 16.4 Å². The van der Waals surface area contributed by atoms with Crippen molar-refractivity contribution < 1.29 is 18.7 Å². The normalized spacial score (nSPS) is 20.4. The minimum Gasteiger partial charge on any atom is -0.465 e.